The lowest BCUT2D eigenvalue weighted by Crippen LogP contribution is -2.43. The largest absolute Gasteiger partial charge is 0.508 e. The molecule has 4 aliphatic rings. The fourth-order valence-corrected chi connectivity index (χ4v) is 8.95. The molecule has 0 aliphatic heterocycles. The van der Waals surface area contributed by atoms with Crippen LogP contribution in [0.3, 0.4) is 0 Å². The van der Waals surface area contributed by atoms with E-state index in [1.165, 1.54) is 30.4 Å². The fourth-order valence-electron chi connectivity index (χ4n) is 8.95. The Hall–Kier alpha value is -2.19. The van der Waals surface area contributed by atoms with Gasteiger partial charge in [-0.3, -0.25) is 4.79 Å². The first-order valence-electron chi connectivity index (χ1n) is 17.6. The lowest BCUT2D eigenvalue weighted by atomic mass is 9.55. The van der Waals surface area contributed by atoms with Crippen LogP contribution in [0.2, 0.25) is 0 Å². The Balaban J connectivity index is 0.000000208. The van der Waals surface area contributed by atoms with Gasteiger partial charge in [0.05, 0.1) is 24.4 Å². The Morgan fingerprint density at radius 2 is 1.84 bits per heavy atom. The van der Waals surface area contributed by atoms with Gasteiger partial charge in [-0.1, -0.05) is 63.5 Å². The number of benzene rings is 1. The van der Waals surface area contributed by atoms with Crippen molar-refractivity contribution >= 4 is 5.97 Å². The summed E-state index contributed by atoms with van der Waals surface area (Å²) in [6.07, 6.45) is 19.1. The van der Waals surface area contributed by atoms with Crippen LogP contribution in [0.5, 0.6) is 5.75 Å². The molecule has 0 spiro atoms. The Labute approximate surface area is 270 Å². The van der Waals surface area contributed by atoms with Crippen molar-refractivity contribution in [2.24, 2.45) is 29.1 Å². The zero-order valence-corrected chi connectivity index (χ0v) is 27.4. The number of rotatable bonds is 12. The van der Waals surface area contributed by atoms with Crippen LogP contribution < -0.4 is 0 Å². The number of carbonyl (C=O) groups is 1. The van der Waals surface area contributed by atoms with Crippen molar-refractivity contribution in [1.82, 2.24) is 0 Å². The molecular formula is C38H58O7. The van der Waals surface area contributed by atoms with Crippen LogP contribution in [0.1, 0.15) is 121 Å². The standard InChI is InChI=1S/C20H34O5.C18H24O2/c1-2-3-6-9-15(21)12-13-17-16(18(22)14-19(17)23)10-7-4-5-8-11-20(24)25;1-18-9-8-14-13-5-3-12(19)10-11(13)2-4-15(14)16(18)6-7-17(18)20/h4,7,12-13,15-19,21-23H,2-3,5-6,8-11,14H2,1H3,(H,24,25);3,5,10,14-17,19-20H,2,4,6-9H2,1H3/b7-4-,13-12+;/t15-,16+,17+,18-,19+;14-,15-,16+,17+,18+/m01/s1. The number of aliphatic carboxylic acids is 1. The zero-order chi connectivity index (χ0) is 32.6. The monoisotopic (exact) mass is 626 g/mol. The van der Waals surface area contributed by atoms with Gasteiger partial charge in [-0.25, -0.2) is 0 Å². The minimum Gasteiger partial charge on any atom is -0.508 e. The van der Waals surface area contributed by atoms with Crippen molar-refractivity contribution in [1.29, 1.82) is 0 Å². The molecule has 0 radical (unpaired) electrons. The highest BCUT2D eigenvalue weighted by Crippen LogP contribution is 2.60. The number of allylic oxidation sites excluding steroid dienone is 2. The SMILES string of the molecule is CCCCC[C@H](O)/C=C/[C@@H]1[C@@H](C/C=C\CCCC(=O)O)[C@@H](O)C[C@H]1O.C[C@]12CC[C@@H]3c4ccc(O)cc4CC[C@H]3[C@@H]1CC[C@@H]2O. The van der Waals surface area contributed by atoms with Gasteiger partial charge < -0.3 is 30.6 Å². The number of aliphatic hydroxyl groups excluding tert-OH is 4. The van der Waals surface area contributed by atoms with Crippen molar-refractivity contribution in [3.05, 3.63) is 53.6 Å². The maximum Gasteiger partial charge on any atom is 0.303 e. The molecular weight excluding hydrogens is 568 g/mol. The molecule has 6 N–H and O–H groups in total. The summed E-state index contributed by atoms with van der Waals surface area (Å²) in [6.45, 7) is 4.44. The number of hydrogen-bond acceptors (Lipinski definition) is 6. The molecule has 0 bridgehead atoms. The number of fused-ring (bicyclic) bond motifs is 5. The number of unbranched alkanes of at least 4 members (excludes halogenated alkanes) is 3. The third kappa shape index (κ3) is 9.00. The quantitative estimate of drug-likeness (QED) is 0.113. The lowest BCUT2D eigenvalue weighted by Gasteiger charge is -2.50. The van der Waals surface area contributed by atoms with E-state index in [4.69, 9.17) is 5.11 Å². The smallest absolute Gasteiger partial charge is 0.303 e. The Morgan fingerprint density at radius 3 is 2.60 bits per heavy atom. The van der Waals surface area contributed by atoms with Crippen molar-refractivity contribution in [2.45, 2.75) is 140 Å². The molecule has 252 valence electrons. The molecule has 45 heavy (non-hydrogen) atoms. The molecule has 10 atom stereocenters. The number of carboxylic acids is 1. The van der Waals surface area contributed by atoms with Crippen LogP contribution in [0, 0.1) is 29.1 Å². The highest BCUT2D eigenvalue weighted by atomic mass is 16.4. The number of aryl methyl sites for hydroxylation is 1. The van der Waals surface area contributed by atoms with E-state index in [-0.39, 0.29) is 29.8 Å². The molecule has 0 saturated heterocycles. The number of aromatic hydroxyl groups is 1. The summed E-state index contributed by atoms with van der Waals surface area (Å²) in [4.78, 5) is 10.5. The minimum absolute atomic E-state index is 0.0650. The molecule has 0 amide bonds. The van der Waals surface area contributed by atoms with E-state index in [2.05, 4.69) is 19.9 Å². The molecule has 7 heteroatoms. The van der Waals surface area contributed by atoms with Gasteiger partial charge in [0.2, 0.25) is 0 Å². The summed E-state index contributed by atoms with van der Waals surface area (Å²) in [6, 6.07) is 5.96. The Bertz CT molecular complexity index is 1150. The molecule has 0 unspecified atom stereocenters. The molecule has 1 aromatic rings. The number of carboxylic acid groups (broad SMARTS) is 1. The zero-order valence-electron chi connectivity index (χ0n) is 27.4. The third-order valence-corrected chi connectivity index (χ3v) is 11.6. The average molecular weight is 627 g/mol. The highest BCUT2D eigenvalue weighted by molar-refractivity contribution is 5.66. The molecule has 4 aliphatic carbocycles. The van der Waals surface area contributed by atoms with Crippen LogP contribution in [-0.4, -0.2) is 61.0 Å². The fraction of sp³-hybridized carbons (Fsp3) is 0.711. The first-order valence-corrected chi connectivity index (χ1v) is 17.6. The van der Waals surface area contributed by atoms with Gasteiger partial charge >= 0.3 is 5.97 Å². The first kappa shape index (κ1) is 35.7. The minimum atomic E-state index is -0.787. The van der Waals surface area contributed by atoms with Crippen LogP contribution in [0.15, 0.2) is 42.5 Å². The van der Waals surface area contributed by atoms with Gasteiger partial charge in [0.15, 0.2) is 0 Å². The van der Waals surface area contributed by atoms with E-state index in [0.29, 0.717) is 43.3 Å². The summed E-state index contributed by atoms with van der Waals surface area (Å²) >= 11 is 0. The first-order chi connectivity index (χ1) is 21.5. The van der Waals surface area contributed by atoms with Gasteiger partial charge in [-0.15, -0.1) is 0 Å². The topological polar surface area (TPSA) is 138 Å². The van der Waals surface area contributed by atoms with E-state index in [9.17, 15) is 30.3 Å². The number of phenols is 1. The summed E-state index contributed by atoms with van der Waals surface area (Å²) in [5, 5.41) is 59.0. The van der Waals surface area contributed by atoms with Crippen LogP contribution in [0.4, 0.5) is 0 Å². The molecule has 0 aromatic heterocycles. The van der Waals surface area contributed by atoms with E-state index in [1.807, 2.05) is 30.4 Å². The molecule has 1 aromatic carbocycles. The second kappa shape index (κ2) is 16.6. The van der Waals surface area contributed by atoms with Crippen LogP contribution >= 0.6 is 0 Å². The van der Waals surface area contributed by atoms with Crippen LogP contribution in [0.25, 0.3) is 0 Å². The summed E-state index contributed by atoms with van der Waals surface area (Å²) in [5.41, 5.74) is 2.99. The average Bonchev–Trinajstić information content (AvgIpc) is 3.46. The van der Waals surface area contributed by atoms with E-state index < -0.39 is 24.3 Å². The van der Waals surface area contributed by atoms with Gasteiger partial charge in [-0.05, 0) is 117 Å². The van der Waals surface area contributed by atoms with Gasteiger partial charge in [0.1, 0.15) is 5.75 Å². The third-order valence-electron chi connectivity index (χ3n) is 11.6. The van der Waals surface area contributed by atoms with E-state index in [1.54, 1.807) is 6.08 Å². The second-order valence-corrected chi connectivity index (χ2v) is 14.5. The van der Waals surface area contributed by atoms with Crippen molar-refractivity contribution in [3.8, 4) is 5.75 Å². The van der Waals surface area contributed by atoms with Crippen molar-refractivity contribution in [2.75, 3.05) is 0 Å². The number of hydrogen-bond donors (Lipinski definition) is 6. The second-order valence-electron chi connectivity index (χ2n) is 14.5. The number of phenolic OH excluding ortho intramolecular Hbond substituents is 1. The predicted octanol–water partition coefficient (Wildman–Crippen LogP) is 6.65. The lowest BCUT2D eigenvalue weighted by molar-refractivity contribution is -0.137. The number of aliphatic hydroxyl groups is 4. The Kier molecular flexibility index (Phi) is 13.1. The molecule has 7 nitrogen and oxygen atoms in total. The maximum absolute atomic E-state index is 10.5. The van der Waals surface area contributed by atoms with E-state index in [0.717, 1.165) is 50.9 Å². The van der Waals surface area contributed by atoms with Gasteiger partial charge in [0.25, 0.3) is 0 Å². The van der Waals surface area contributed by atoms with E-state index >= 15 is 0 Å². The van der Waals surface area contributed by atoms with Gasteiger partial charge in [-0.2, -0.15) is 0 Å². The van der Waals surface area contributed by atoms with Gasteiger partial charge in [0, 0.05) is 18.8 Å². The summed E-state index contributed by atoms with van der Waals surface area (Å²) in [7, 11) is 0. The van der Waals surface area contributed by atoms with Crippen molar-refractivity contribution in [3.63, 3.8) is 0 Å². The normalized spacial score (nSPS) is 34.6. The summed E-state index contributed by atoms with van der Waals surface area (Å²) in [5.74, 6) is 1.48. The summed E-state index contributed by atoms with van der Waals surface area (Å²) < 4.78 is 0. The highest BCUT2D eigenvalue weighted by Gasteiger charge is 2.54. The van der Waals surface area contributed by atoms with Crippen LogP contribution in [-0.2, 0) is 11.2 Å². The Morgan fingerprint density at radius 1 is 1.04 bits per heavy atom. The molecule has 3 saturated carbocycles. The molecule has 3 fully saturated rings. The van der Waals surface area contributed by atoms with Crippen molar-refractivity contribution < 1.29 is 35.4 Å². The molecule has 5 rings (SSSR count). The maximum atomic E-state index is 10.5. The molecule has 0 heterocycles. The predicted molar refractivity (Wildman–Crippen MR) is 177 cm³/mol.